The number of nitrogen functional groups attached to an aromatic ring is 1. The average Bonchev–Trinajstić information content (AvgIpc) is 2.46. The van der Waals surface area contributed by atoms with Crippen molar-refractivity contribution < 1.29 is 9.59 Å². The van der Waals surface area contributed by atoms with Gasteiger partial charge in [-0.1, -0.05) is 13.0 Å². The Bertz CT molecular complexity index is 464. The Morgan fingerprint density at radius 3 is 2.75 bits per heavy atom. The lowest BCUT2D eigenvalue weighted by Crippen LogP contribution is -2.36. The molecular formula is C13H21N5O2. The van der Waals surface area contributed by atoms with Crippen molar-refractivity contribution in [2.45, 2.75) is 19.9 Å². The van der Waals surface area contributed by atoms with Crippen molar-refractivity contribution in [1.29, 1.82) is 0 Å². The molecule has 0 aromatic carbocycles. The lowest BCUT2D eigenvalue weighted by atomic mass is 10.2. The summed E-state index contributed by atoms with van der Waals surface area (Å²) in [4.78, 5) is 29.1. The summed E-state index contributed by atoms with van der Waals surface area (Å²) < 4.78 is 0. The SMILES string of the molecule is CCCN(CC(=O)NC)Cc1cccc(C(=O)NN)n1. The van der Waals surface area contributed by atoms with Crippen molar-refractivity contribution in [2.24, 2.45) is 5.84 Å². The molecule has 0 saturated carbocycles. The molecule has 1 aromatic heterocycles. The first-order valence-corrected chi connectivity index (χ1v) is 6.50. The van der Waals surface area contributed by atoms with Crippen molar-refractivity contribution in [3.05, 3.63) is 29.6 Å². The highest BCUT2D eigenvalue weighted by molar-refractivity contribution is 5.91. The minimum absolute atomic E-state index is 0.0469. The molecule has 7 heteroatoms. The molecular weight excluding hydrogens is 258 g/mol. The van der Waals surface area contributed by atoms with E-state index in [2.05, 4.69) is 10.3 Å². The minimum Gasteiger partial charge on any atom is -0.358 e. The van der Waals surface area contributed by atoms with Crippen LogP contribution in [0.25, 0.3) is 0 Å². The average molecular weight is 279 g/mol. The summed E-state index contributed by atoms with van der Waals surface area (Å²) in [5.74, 6) is 4.61. The molecule has 0 saturated heterocycles. The first-order valence-electron chi connectivity index (χ1n) is 6.50. The van der Waals surface area contributed by atoms with E-state index in [0.29, 0.717) is 13.1 Å². The number of nitrogens with two attached hydrogens (primary N) is 1. The third-order valence-electron chi connectivity index (χ3n) is 2.74. The second-order valence-electron chi connectivity index (χ2n) is 4.37. The zero-order chi connectivity index (χ0) is 15.0. The van der Waals surface area contributed by atoms with E-state index in [0.717, 1.165) is 18.7 Å². The molecule has 1 heterocycles. The number of pyridine rings is 1. The van der Waals surface area contributed by atoms with Crippen LogP contribution in [0.5, 0.6) is 0 Å². The molecule has 1 rings (SSSR count). The summed E-state index contributed by atoms with van der Waals surface area (Å²) in [5, 5.41) is 2.60. The van der Waals surface area contributed by atoms with E-state index in [1.165, 1.54) is 0 Å². The van der Waals surface area contributed by atoms with Gasteiger partial charge in [0.25, 0.3) is 5.91 Å². The fourth-order valence-corrected chi connectivity index (χ4v) is 1.81. The number of rotatable bonds is 7. The third-order valence-corrected chi connectivity index (χ3v) is 2.74. The van der Waals surface area contributed by atoms with Crippen molar-refractivity contribution >= 4 is 11.8 Å². The molecule has 0 atom stereocenters. The van der Waals surface area contributed by atoms with Crippen molar-refractivity contribution in [3.63, 3.8) is 0 Å². The predicted octanol–water partition coefficient (Wildman–Crippen LogP) is -0.357. The Balaban J connectivity index is 2.77. The van der Waals surface area contributed by atoms with Crippen LogP contribution in [0.3, 0.4) is 0 Å². The second kappa shape index (κ2) is 8.23. The Hall–Kier alpha value is -1.99. The number of carbonyl (C=O) groups is 2. The lowest BCUT2D eigenvalue weighted by Gasteiger charge is -2.20. The van der Waals surface area contributed by atoms with Crippen LogP contribution in [0.15, 0.2) is 18.2 Å². The number of hydrogen-bond acceptors (Lipinski definition) is 5. The van der Waals surface area contributed by atoms with Crippen LogP contribution in [0.4, 0.5) is 0 Å². The van der Waals surface area contributed by atoms with E-state index in [-0.39, 0.29) is 11.6 Å². The number of aromatic nitrogens is 1. The molecule has 0 aliphatic heterocycles. The second-order valence-corrected chi connectivity index (χ2v) is 4.37. The molecule has 0 spiro atoms. The van der Waals surface area contributed by atoms with Gasteiger partial charge in [-0.3, -0.25) is 19.9 Å². The number of nitrogens with one attached hydrogen (secondary N) is 2. The summed E-state index contributed by atoms with van der Waals surface area (Å²) in [6.45, 7) is 3.64. The molecule has 0 unspecified atom stereocenters. The first kappa shape index (κ1) is 16.1. The number of likely N-dealkylation sites (N-methyl/N-ethyl adjacent to an activating group) is 1. The Labute approximate surface area is 118 Å². The molecule has 20 heavy (non-hydrogen) atoms. The Morgan fingerprint density at radius 1 is 1.40 bits per heavy atom. The van der Waals surface area contributed by atoms with Crippen LogP contribution in [0.2, 0.25) is 0 Å². The fraction of sp³-hybridized carbons (Fsp3) is 0.462. The maximum atomic E-state index is 11.5. The molecule has 110 valence electrons. The van der Waals surface area contributed by atoms with Crippen molar-refractivity contribution in [2.75, 3.05) is 20.1 Å². The Morgan fingerprint density at radius 2 is 2.15 bits per heavy atom. The van der Waals surface area contributed by atoms with Crippen molar-refractivity contribution in [1.82, 2.24) is 20.6 Å². The van der Waals surface area contributed by atoms with Crippen LogP contribution in [0.1, 0.15) is 29.5 Å². The van der Waals surface area contributed by atoms with Crippen LogP contribution >= 0.6 is 0 Å². The minimum atomic E-state index is -0.430. The standard InChI is InChI=1S/C13H21N5O2/c1-3-7-18(9-12(19)15-2)8-10-5-4-6-11(16-10)13(20)17-14/h4-6H,3,7-9,14H2,1-2H3,(H,15,19)(H,17,20). The summed E-state index contributed by atoms with van der Waals surface area (Å²) in [6.07, 6.45) is 0.931. The van der Waals surface area contributed by atoms with Gasteiger partial charge in [-0.25, -0.2) is 10.8 Å². The monoisotopic (exact) mass is 279 g/mol. The van der Waals surface area contributed by atoms with Crippen LogP contribution in [0, 0.1) is 0 Å². The first-order chi connectivity index (χ1) is 9.60. The molecule has 0 bridgehead atoms. The number of hydrazine groups is 1. The van der Waals surface area contributed by atoms with Gasteiger partial charge in [-0.05, 0) is 25.1 Å². The molecule has 0 aliphatic rings. The van der Waals surface area contributed by atoms with Gasteiger partial charge in [0, 0.05) is 13.6 Å². The lowest BCUT2D eigenvalue weighted by molar-refractivity contribution is -0.121. The summed E-state index contributed by atoms with van der Waals surface area (Å²) in [6, 6.07) is 5.16. The number of hydrogen-bond donors (Lipinski definition) is 3. The third kappa shape index (κ3) is 4.94. The van der Waals surface area contributed by atoms with Gasteiger partial charge in [-0.2, -0.15) is 0 Å². The van der Waals surface area contributed by atoms with E-state index in [9.17, 15) is 9.59 Å². The van der Waals surface area contributed by atoms with E-state index in [1.54, 1.807) is 19.2 Å². The summed E-state index contributed by atoms with van der Waals surface area (Å²) in [5.41, 5.74) is 3.04. The van der Waals surface area contributed by atoms with Crippen LogP contribution in [-0.2, 0) is 11.3 Å². The predicted molar refractivity (Wildman–Crippen MR) is 75.5 cm³/mol. The molecule has 2 amide bonds. The Kier molecular flexibility index (Phi) is 6.61. The van der Waals surface area contributed by atoms with E-state index < -0.39 is 5.91 Å². The largest absolute Gasteiger partial charge is 0.358 e. The highest BCUT2D eigenvalue weighted by Crippen LogP contribution is 2.04. The number of nitrogens with zero attached hydrogens (tertiary/aromatic N) is 2. The van der Waals surface area contributed by atoms with E-state index in [1.807, 2.05) is 23.3 Å². The molecule has 0 radical (unpaired) electrons. The van der Waals surface area contributed by atoms with Gasteiger partial charge in [0.1, 0.15) is 5.69 Å². The van der Waals surface area contributed by atoms with Crippen LogP contribution < -0.4 is 16.6 Å². The topological polar surface area (TPSA) is 100 Å². The molecule has 1 aromatic rings. The molecule has 4 N–H and O–H groups in total. The molecule has 7 nitrogen and oxygen atoms in total. The van der Waals surface area contributed by atoms with Gasteiger partial charge in [0.05, 0.1) is 12.2 Å². The highest BCUT2D eigenvalue weighted by atomic mass is 16.2. The smallest absolute Gasteiger partial charge is 0.283 e. The number of amides is 2. The van der Waals surface area contributed by atoms with Gasteiger partial charge in [-0.15, -0.1) is 0 Å². The zero-order valence-corrected chi connectivity index (χ0v) is 11.8. The van der Waals surface area contributed by atoms with Gasteiger partial charge in [0.15, 0.2) is 0 Å². The highest BCUT2D eigenvalue weighted by Gasteiger charge is 2.12. The maximum absolute atomic E-state index is 11.5. The van der Waals surface area contributed by atoms with Crippen molar-refractivity contribution in [3.8, 4) is 0 Å². The van der Waals surface area contributed by atoms with Gasteiger partial charge in [0.2, 0.25) is 5.91 Å². The normalized spacial score (nSPS) is 10.4. The summed E-state index contributed by atoms with van der Waals surface area (Å²) >= 11 is 0. The number of carbonyl (C=O) groups excluding carboxylic acids is 2. The summed E-state index contributed by atoms with van der Waals surface area (Å²) in [7, 11) is 1.61. The van der Waals surface area contributed by atoms with E-state index >= 15 is 0 Å². The zero-order valence-electron chi connectivity index (χ0n) is 11.8. The maximum Gasteiger partial charge on any atom is 0.283 e. The van der Waals surface area contributed by atoms with Gasteiger partial charge >= 0.3 is 0 Å². The van der Waals surface area contributed by atoms with E-state index in [4.69, 9.17) is 5.84 Å². The quantitative estimate of drug-likeness (QED) is 0.359. The van der Waals surface area contributed by atoms with Gasteiger partial charge < -0.3 is 5.32 Å². The molecule has 0 aliphatic carbocycles. The fourth-order valence-electron chi connectivity index (χ4n) is 1.81. The molecule has 0 fully saturated rings. The van der Waals surface area contributed by atoms with Crippen LogP contribution in [-0.4, -0.2) is 41.8 Å².